The van der Waals surface area contributed by atoms with E-state index in [1.807, 2.05) is 37.3 Å². The van der Waals surface area contributed by atoms with Gasteiger partial charge in [-0.2, -0.15) is 0 Å². The van der Waals surface area contributed by atoms with Gasteiger partial charge in [-0.25, -0.2) is 0 Å². The number of carbonyl (C=O) groups excluding carboxylic acids is 1. The molecule has 4 nitrogen and oxygen atoms in total. The van der Waals surface area contributed by atoms with Gasteiger partial charge in [0.15, 0.2) is 6.61 Å². The maximum Gasteiger partial charge on any atom is 0.258 e. The third kappa shape index (κ3) is 5.11. The molecule has 3 rings (SSSR count). The van der Waals surface area contributed by atoms with Crippen molar-refractivity contribution in [2.45, 2.75) is 13.0 Å². The van der Waals surface area contributed by atoms with E-state index in [-0.39, 0.29) is 18.6 Å². The molecule has 0 spiro atoms. The van der Waals surface area contributed by atoms with Crippen molar-refractivity contribution < 1.29 is 14.3 Å². The molecule has 0 aliphatic rings. The molecule has 0 saturated heterocycles. The van der Waals surface area contributed by atoms with Crippen LogP contribution in [-0.2, 0) is 4.79 Å². The van der Waals surface area contributed by atoms with Crippen LogP contribution in [-0.4, -0.2) is 19.6 Å². The van der Waals surface area contributed by atoms with Crippen LogP contribution in [0.15, 0.2) is 78.9 Å². The average molecular weight is 361 g/mol. The summed E-state index contributed by atoms with van der Waals surface area (Å²) < 4.78 is 10.6. The maximum atomic E-state index is 12.2. The topological polar surface area (TPSA) is 47.6 Å². The van der Waals surface area contributed by atoms with Crippen LogP contribution >= 0.6 is 0 Å². The van der Waals surface area contributed by atoms with Crippen molar-refractivity contribution in [2.75, 3.05) is 13.7 Å². The lowest BCUT2D eigenvalue weighted by molar-refractivity contribution is -0.123. The summed E-state index contributed by atoms with van der Waals surface area (Å²) in [5.41, 5.74) is 3.38. The number of hydrogen-bond donors (Lipinski definition) is 1. The summed E-state index contributed by atoms with van der Waals surface area (Å²) >= 11 is 0. The second-order valence-corrected chi connectivity index (χ2v) is 6.24. The predicted molar refractivity (Wildman–Crippen MR) is 107 cm³/mol. The summed E-state index contributed by atoms with van der Waals surface area (Å²) in [6.07, 6.45) is 0. The lowest BCUT2D eigenvalue weighted by Crippen LogP contribution is -2.31. The molecule has 0 aliphatic heterocycles. The molecule has 3 aromatic rings. The van der Waals surface area contributed by atoms with Gasteiger partial charge in [0.2, 0.25) is 0 Å². The van der Waals surface area contributed by atoms with E-state index in [1.165, 1.54) is 5.56 Å². The second-order valence-electron chi connectivity index (χ2n) is 6.24. The normalized spacial score (nSPS) is 11.5. The van der Waals surface area contributed by atoms with Crippen LogP contribution in [0.3, 0.4) is 0 Å². The van der Waals surface area contributed by atoms with Gasteiger partial charge in [-0.3, -0.25) is 4.79 Å². The van der Waals surface area contributed by atoms with Gasteiger partial charge in [0.1, 0.15) is 11.5 Å². The quantitative estimate of drug-likeness (QED) is 0.668. The number of carbonyl (C=O) groups is 1. The molecule has 0 fully saturated rings. The molecule has 0 radical (unpaired) electrons. The first-order chi connectivity index (χ1) is 13.2. The number of ether oxygens (including phenoxy) is 2. The predicted octanol–water partition coefficient (Wildman–Crippen LogP) is 4.62. The summed E-state index contributed by atoms with van der Waals surface area (Å²) in [6.45, 7) is 1.93. The summed E-state index contributed by atoms with van der Waals surface area (Å²) in [4.78, 5) is 12.2. The van der Waals surface area contributed by atoms with Gasteiger partial charge in [-0.1, -0.05) is 54.6 Å². The fourth-order valence-corrected chi connectivity index (χ4v) is 2.78. The molecule has 0 aromatic heterocycles. The first-order valence-corrected chi connectivity index (χ1v) is 8.87. The second kappa shape index (κ2) is 8.90. The van der Waals surface area contributed by atoms with Gasteiger partial charge < -0.3 is 14.8 Å². The Morgan fingerprint density at radius 3 is 2.07 bits per heavy atom. The summed E-state index contributed by atoms with van der Waals surface area (Å²) in [6, 6.07) is 25.5. The maximum absolute atomic E-state index is 12.2. The van der Waals surface area contributed by atoms with Gasteiger partial charge in [-0.15, -0.1) is 0 Å². The van der Waals surface area contributed by atoms with Gasteiger partial charge in [-0.05, 0) is 47.9 Å². The van der Waals surface area contributed by atoms with E-state index in [9.17, 15) is 4.79 Å². The number of benzene rings is 3. The first-order valence-electron chi connectivity index (χ1n) is 8.87. The van der Waals surface area contributed by atoms with Gasteiger partial charge >= 0.3 is 0 Å². The van der Waals surface area contributed by atoms with Crippen LogP contribution in [0.5, 0.6) is 11.5 Å². The Balaban J connectivity index is 1.53. The van der Waals surface area contributed by atoms with Crippen LogP contribution in [0.25, 0.3) is 11.1 Å². The lowest BCUT2D eigenvalue weighted by atomic mass is 10.0. The van der Waals surface area contributed by atoms with Crippen molar-refractivity contribution in [2.24, 2.45) is 0 Å². The van der Waals surface area contributed by atoms with E-state index in [2.05, 4.69) is 29.6 Å². The molecule has 0 heterocycles. The third-order valence-corrected chi connectivity index (χ3v) is 4.32. The molecule has 0 bridgehead atoms. The van der Waals surface area contributed by atoms with Crippen molar-refractivity contribution in [1.82, 2.24) is 5.32 Å². The van der Waals surface area contributed by atoms with Crippen molar-refractivity contribution >= 4 is 5.91 Å². The molecule has 1 atom stereocenters. The average Bonchev–Trinajstić information content (AvgIpc) is 2.73. The summed E-state index contributed by atoms with van der Waals surface area (Å²) in [7, 11) is 1.61. The molecule has 4 heteroatoms. The van der Waals surface area contributed by atoms with Crippen LogP contribution in [0.1, 0.15) is 18.5 Å². The highest BCUT2D eigenvalue weighted by molar-refractivity contribution is 5.78. The zero-order valence-electron chi connectivity index (χ0n) is 15.5. The van der Waals surface area contributed by atoms with Crippen LogP contribution in [0.2, 0.25) is 0 Å². The zero-order valence-corrected chi connectivity index (χ0v) is 15.5. The largest absolute Gasteiger partial charge is 0.497 e. The minimum absolute atomic E-state index is 0.0290. The Labute approximate surface area is 159 Å². The molecule has 3 aromatic carbocycles. The van der Waals surface area contributed by atoms with Crippen LogP contribution in [0.4, 0.5) is 0 Å². The number of nitrogens with one attached hydrogen (secondary N) is 1. The molecular weight excluding hydrogens is 338 g/mol. The molecule has 27 heavy (non-hydrogen) atoms. The molecule has 138 valence electrons. The summed E-state index contributed by atoms with van der Waals surface area (Å²) in [5, 5.41) is 2.96. The van der Waals surface area contributed by atoms with Gasteiger partial charge in [0.05, 0.1) is 13.2 Å². The van der Waals surface area contributed by atoms with E-state index >= 15 is 0 Å². The lowest BCUT2D eigenvalue weighted by Gasteiger charge is -2.15. The van der Waals surface area contributed by atoms with Crippen molar-refractivity contribution in [3.63, 3.8) is 0 Å². The summed E-state index contributed by atoms with van der Waals surface area (Å²) in [5.74, 6) is 1.22. The Morgan fingerprint density at radius 2 is 1.44 bits per heavy atom. The first kappa shape index (κ1) is 18.5. The number of amides is 1. The third-order valence-electron chi connectivity index (χ3n) is 4.32. The van der Waals surface area contributed by atoms with Crippen LogP contribution < -0.4 is 14.8 Å². The van der Waals surface area contributed by atoms with E-state index < -0.39 is 0 Å². The zero-order chi connectivity index (χ0) is 19.1. The molecule has 0 aliphatic carbocycles. The van der Waals surface area contributed by atoms with Gasteiger partial charge in [0.25, 0.3) is 5.91 Å². The highest BCUT2D eigenvalue weighted by Crippen LogP contribution is 2.22. The highest BCUT2D eigenvalue weighted by Gasteiger charge is 2.10. The molecule has 0 saturated carbocycles. The van der Waals surface area contributed by atoms with Gasteiger partial charge in [0, 0.05) is 0 Å². The molecule has 0 unspecified atom stereocenters. The van der Waals surface area contributed by atoms with E-state index in [1.54, 1.807) is 31.4 Å². The Kier molecular flexibility index (Phi) is 6.10. The van der Waals surface area contributed by atoms with Crippen LogP contribution in [0, 0.1) is 0 Å². The number of methoxy groups -OCH3 is 1. The Bertz CT molecular complexity index is 858. The minimum atomic E-state index is -0.162. The van der Waals surface area contributed by atoms with Crippen molar-refractivity contribution in [3.8, 4) is 22.6 Å². The van der Waals surface area contributed by atoms with Crippen molar-refractivity contribution in [1.29, 1.82) is 0 Å². The smallest absolute Gasteiger partial charge is 0.258 e. The highest BCUT2D eigenvalue weighted by atomic mass is 16.5. The van der Waals surface area contributed by atoms with E-state index in [0.717, 1.165) is 16.9 Å². The standard InChI is InChI=1S/C23H23NO3/c1-17(18-8-10-20(11-9-18)19-6-4-3-5-7-19)24-23(25)16-27-22-14-12-21(26-2)13-15-22/h3-15,17H,16H2,1-2H3,(H,24,25)/t17-/m0/s1. The molecule has 1 amide bonds. The minimum Gasteiger partial charge on any atom is -0.497 e. The molecular formula is C23H23NO3. The Hall–Kier alpha value is -3.27. The Morgan fingerprint density at radius 1 is 0.852 bits per heavy atom. The van der Waals surface area contributed by atoms with Crippen molar-refractivity contribution in [3.05, 3.63) is 84.4 Å². The van der Waals surface area contributed by atoms with E-state index in [0.29, 0.717) is 5.75 Å². The molecule has 1 N–H and O–H groups in total. The SMILES string of the molecule is COc1ccc(OCC(=O)N[C@@H](C)c2ccc(-c3ccccc3)cc2)cc1. The fraction of sp³-hybridized carbons (Fsp3) is 0.174. The number of hydrogen-bond acceptors (Lipinski definition) is 3. The van der Waals surface area contributed by atoms with E-state index in [4.69, 9.17) is 9.47 Å². The monoisotopic (exact) mass is 361 g/mol. The fourth-order valence-electron chi connectivity index (χ4n) is 2.78. The number of rotatable bonds is 7.